The minimum absolute atomic E-state index is 0.500. The van der Waals surface area contributed by atoms with Gasteiger partial charge in [-0.05, 0) is 13.0 Å². The Morgan fingerprint density at radius 1 is 1.46 bits per heavy atom. The molecule has 0 aliphatic carbocycles. The van der Waals surface area contributed by atoms with Crippen molar-refractivity contribution in [3.8, 4) is 0 Å². The average Bonchev–Trinajstić information content (AvgIpc) is 2.14. The summed E-state index contributed by atoms with van der Waals surface area (Å²) in [6.07, 6.45) is 0. The van der Waals surface area contributed by atoms with Crippen molar-refractivity contribution in [2.75, 3.05) is 18.1 Å². The summed E-state index contributed by atoms with van der Waals surface area (Å²) in [5.74, 6) is 0.634. The highest BCUT2D eigenvalue weighted by atomic mass is 35.5. The summed E-state index contributed by atoms with van der Waals surface area (Å²) in [6.45, 7) is 5.87. The largest absolute Gasteiger partial charge is 0.395 e. The highest BCUT2D eigenvalue weighted by molar-refractivity contribution is 6.33. The lowest BCUT2D eigenvalue weighted by molar-refractivity contribution is 1.19. The molecule has 0 unspecified atom stereocenters. The van der Waals surface area contributed by atoms with Crippen molar-refractivity contribution in [1.82, 2.24) is 4.98 Å². The predicted octanol–water partition coefficient (Wildman–Crippen LogP) is 2.69. The second kappa shape index (κ2) is 5.65. The Hall–Kier alpha value is -0.960. The van der Waals surface area contributed by atoms with Crippen LogP contribution in [0.25, 0.3) is 0 Å². The minimum Gasteiger partial charge on any atom is -0.395 e. The summed E-state index contributed by atoms with van der Waals surface area (Å²) < 4.78 is 0. The molecule has 3 nitrogen and oxygen atoms in total. The van der Waals surface area contributed by atoms with Crippen molar-refractivity contribution in [2.24, 2.45) is 0 Å². The fourth-order valence-corrected chi connectivity index (χ4v) is 1.08. The molecule has 0 atom stereocenters. The molecule has 0 amide bonds. The molecule has 0 radical (unpaired) electrons. The van der Waals surface area contributed by atoms with Gasteiger partial charge in [-0.25, -0.2) is 4.98 Å². The molecule has 0 spiro atoms. The molecule has 0 aliphatic heterocycles. The quantitative estimate of drug-likeness (QED) is 0.735. The van der Waals surface area contributed by atoms with Crippen LogP contribution in [0.5, 0.6) is 0 Å². The van der Waals surface area contributed by atoms with Gasteiger partial charge in [-0.15, -0.1) is 0 Å². The maximum atomic E-state index is 5.79. The van der Waals surface area contributed by atoms with Crippen LogP contribution in [0, 0.1) is 6.92 Å². The van der Waals surface area contributed by atoms with Gasteiger partial charge >= 0.3 is 0 Å². The zero-order valence-electron chi connectivity index (χ0n) is 8.48. The Labute approximate surface area is 84.3 Å². The highest BCUT2D eigenvalue weighted by Crippen LogP contribution is 2.25. The Morgan fingerprint density at radius 2 is 2.00 bits per heavy atom. The van der Waals surface area contributed by atoms with E-state index in [1.807, 2.05) is 20.8 Å². The summed E-state index contributed by atoms with van der Waals surface area (Å²) in [5.41, 5.74) is 6.96. The first-order chi connectivity index (χ1) is 6.15. The summed E-state index contributed by atoms with van der Waals surface area (Å²) in [6, 6.07) is 1.73. The van der Waals surface area contributed by atoms with E-state index in [-0.39, 0.29) is 0 Å². The van der Waals surface area contributed by atoms with Crippen molar-refractivity contribution >= 4 is 23.1 Å². The van der Waals surface area contributed by atoms with Crippen molar-refractivity contribution in [1.29, 1.82) is 0 Å². The number of halogens is 1. The zero-order valence-corrected chi connectivity index (χ0v) is 9.24. The molecule has 1 aromatic rings. The van der Waals surface area contributed by atoms with Gasteiger partial charge in [-0.1, -0.05) is 25.4 Å². The minimum atomic E-state index is 0.500. The number of hydrogen-bond acceptors (Lipinski definition) is 3. The van der Waals surface area contributed by atoms with Gasteiger partial charge in [0, 0.05) is 12.7 Å². The number of nitrogens with two attached hydrogens (primary N) is 1. The topological polar surface area (TPSA) is 50.9 Å². The first kappa shape index (κ1) is 12.0. The Bertz CT molecular complexity index is 274. The van der Waals surface area contributed by atoms with Crippen LogP contribution in [-0.4, -0.2) is 12.0 Å². The van der Waals surface area contributed by atoms with Crippen LogP contribution in [0.1, 0.15) is 19.5 Å². The lowest BCUT2D eigenvalue weighted by Gasteiger charge is -2.05. The van der Waals surface area contributed by atoms with Crippen LogP contribution in [0.3, 0.4) is 0 Å². The van der Waals surface area contributed by atoms with E-state index in [0.717, 1.165) is 5.69 Å². The lowest BCUT2D eigenvalue weighted by atomic mass is 10.3. The number of aromatic nitrogens is 1. The van der Waals surface area contributed by atoms with Gasteiger partial charge in [0.2, 0.25) is 0 Å². The number of pyridine rings is 1. The third-order valence-electron chi connectivity index (χ3n) is 1.37. The standard InChI is InChI=1S/C7H10ClN3.C2H6/c1-4-3-5(8)6(9)7(10-2)11-4;1-2/h3H,9H2,1-2H3,(H,10,11);1-2H3. The molecule has 4 heteroatoms. The second-order valence-corrected chi connectivity index (χ2v) is 2.66. The van der Waals surface area contributed by atoms with E-state index >= 15 is 0 Å². The SMILES string of the molecule is CC.CNc1nc(C)cc(Cl)c1N. The van der Waals surface area contributed by atoms with E-state index in [0.29, 0.717) is 16.5 Å². The molecular weight excluding hydrogens is 186 g/mol. The number of rotatable bonds is 1. The monoisotopic (exact) mass is 201 g/mol. The van der Waals surface area contributed by atoms with E-state index in [9.17, 15) is 0 Å². The van der Waals surface area contributed by atoms with Gasteiger partial charge < -0.3 is 11.1 Å². The second-order valence-electron chi connectivity index (χ2n) is 2.26. The Balaban J connectivity index is 0.000000671. The Kier molecular flexibility index (Phi) is 5.23. The smallest absolute Gasteiger partial charge is 0.150 e. The number of hydrogen-bond donors (Lipinski definition) is 2. The molecular formula is C9H16ClN3. The van der Waals surface area contributed by atoms with E-state index in [1.165, 1.54) is 0 Å². The highest BCUT2D eigenvalue weighted by Gasteiger charge is 2.03. The zero-order chi connectivity index (χ0) is 10.4. The first-order valence-electron chi connectivity index (χ1n) is 4.25. The van der Waals surface area contributed by atoms with E-state index in [1.54, 1.807) is 13.1 Å². The molecule has 0 bridgehead atoms. The maximum Gasteiger partial charge on any atom is 0.150 e. The van der Waals surface area contributed by atoms with Gasteiger partial charge in [-0.2, -0.15) is 0 Å². The molecule has 0 aliphatic rings. The van der Waals surface area contributed by atoms with Gasteiger partial charge in [0.25, 0.3) is 0 Å². The van der Waals surface area contributed by atoms with Crippen molar-refractivity contribution < 1.29 is 0 Å². The van der Waals surface area contributed by atoms with Gasteiger partial charge in [0.05, 0.1) is 10.7 Å². The fourth-order valence-electron chi connectivity index (χ4n) is 0.834. The van der Waals surface area contributed by atoms with E-state index in [4.69, 9.17) is 17.3 Å². The first-order valence-corrected chi connectivity index (χ1v) is 4.63. The Morgan fingerprint density at radius 3 is 2.46 bits per heavy atom. The molecule has 74 valence electrons. The molecule has 1 rings (SSSR count). The third kappa shape index (κ3) is 3.11. The van der Waals surface area contributed by atoms with Gasteiger partial charge in [0.15, 0.2) is 5.82 Å². The van der Waals surface area contributed by atoms with Crippen molar-refractivity contribution in [2.45, 2.75) is 20.8 Å². The number of aryl methyl sites for hydroxylation is 1. The average molecular weight is 202 g/mol. The van der Waals surface area contributed by atoms with Crippen LogP contribution in [0.15, 0.2) is 6.07 Å². The van der Waals surface area contributed by atoms with Gasteiger partial charge in [-0.3, -0.25) is 0 Å². The molecule has 0 aromatic carbocycles. The van der Waals surface area contributed by atoms with Crippen molar-refractivity contribution in [3.05, 3.63) is 16.8 Å². The van der Waals surface area contributed by atoms with Crippen molar-refractivity contribution in [3.63, 3.8) is 0 Å². The van der Waals surface area contributed by atoms with Crippen LogP contribution in [-0.2, 0) is 0 Å². The van der Waals surface area contributed by atoms with Gasteiger partial charge in [0.1, 0.15) is 0 Å². The van der Waals surface area contributed by atoms with Crippen LogP contribution in [0.4, 0.5) is 11.5 Å². The lowest BCUT2D eigenvalue weighted by Crippen LogP contribution is -2.00. The summed E-state index contributed by atoms with van der Waals surface area (Å²) in [4.78, 5) is 4.13. The number of nitrogens with one attached hydrogen (secondary N) is 1. The summed E-state index contributed by atoms with van der Waals surface area (Å²) >= 11 is 5.79. The van der Waals surface area contributed by atoms with E-state index < -0.39 is 0 Å². The number of anilines is 2. The molecule has 1 aromatic heterocycles. The summed E-state index contributed by atoms with van der Waals surface area (Å²) in [5, 5.41) is 3.40. The molecule has 0 fully saturated rings. The normalized spacial score (nSPS) is 8.69. The number of nitrogens with zero attached hydrogens (tertiary/aromatic N) is 1. The molecule has 1 heterocycles. The van der Waals surface area contributed by atoms with Crippen LogP contribution >= 0.6 is 11.6 Å². The van der Waals surface area contributed by atoms with Crippen LogP contribution in [0.2, 0.25) is 5.02 Å². The molecule has 0 saturated carbocycles. The maximum absolute atomic E-state index is 5.79. The summed E-state index contributed by atoms with van der Waals surface area (Å²) in [7, 11) is 1.76. The van der Waals surface area contributed by atoms with E-state index in [2.05, 4.69) is 10.3 Å². The predicted molar refractivity (Wildman–Crippen MR) is 59.3 cm³/mol. The molecule has 0 saturated heterocycles. The fraction of sp³-hybridized carbons (Fsp3) is 0.444. The number of nitrogen functional groups attached to an aromatic ring is 1. The van der Waals surface area contributed by atoms with Crippen LogP contribution < -0.4 is 11.1 Å². The third-order valence-corrected chi connectivity index (χ3v) is 1.69. The molecule has 13 heavy (non-hydrogen) atoms. The molecule has 3 N–H and O–H groups in total.